The standard InChI is InChI=1S/C32H40N4O2/c1-25(37)35-21-20-34-19-16-26-12-14-27(15-13-26)17-22-36-23-18-30(24-36)32(31(33)38,28-8-4-2-5-9-28)29-10-6-3-7-11-29/h2-15,30,34H,16-24H2,1H3,(H2,33,38)(H,35,37). The van der Waals surface area contributed by atoms with Gasteiger partial charge in [-0.05, 0) is 60.5 Å². The molecule has 1 atom stereocenters. The van der Waals surface area contributed by atoms with E-state index in [4.69, 9.17) is 5.73 Å². The molecule has 1 heterocycles. The summed E-state index contributed by atoms with van der Waals surface area (Å²) in [5.41, 5.74) is 9.98. The number of carbonyl (C=O) groups excluding carboxylic acids is 2. The van der Waals surface area contributed by atoms with Crippen molar-refractivity contribution in [3.8, 4) is 0 Å². The molecule has 0 aromatic heterocycles. The molecule has 0 aliphatic carbocycles. The Morgan fingerprint density at radius 3 is 1.97 bits per heavy atom. The highest BCUT2D eigenvalue weighted by atomic mass is 16.2. The molecular formula is C32H40N4O2. The summed E-state index contributed by atoms with van der Waals surface area (Å²) in [6, 6.07) is 29.0. The third-order valence-corrected chi connectivity index (χ3v) is 7.74. The van der Waals surface area contributed by atoms with Gasteiger partial charge in [-0.1, -0.05) is 84.9 Å². The third kappa shape index (κ3) is 6.69. The van der Waals surface area contributed by atoms with Crippen LogP contribution in [0.2, 0.25) is 0 Å². The zero-order valence-corrected chi connectivity index (χ0v) is 22.4. The van der Waals surface area contributed by atoms with E-state index in [0.717, 1.165) is 63.1 Å². The number of nitrogens with two attached hydrogens (primary N) is 1. The molecule has 1 aliphatic rings. The molecule has 4 N–H and O–H groups in total. The quantitative estimate of drug-likeness (QED) is 0.307. The topological polar surface area (TPSA) is 87.5 Å². The van der Waals surface area contributed by atoms with Crippen LogP contribution in [0, 0.1) is 5.92 Å². The molecule has 1 fully saturated rings. The Balaban J connectivity index is 1.34. The molecule has 3 aromatic carbocycles. The second-order valence-corrected chi connectivity index (χ2v) is 10.2. The first-order valence-electron chi connectivity index (χ1n) is 13.7. The Morgan fingerprint density at radius 1 is 0.842 bits per heavy atom. The number of nitrogens with one attached hydrogen (secondary N) is 2. The fraction of sp³-hybridized carbons (Fsp3) is 0.375. The van der Waals surface area contributed by atoms with Crippen molar-refractivity contribution >= 4 is 11.8 Å². The zero-order valence-electron chi connectivity index (χ0n) is 22.4. The van der Waals surface area contributed by atoms with E-state index in [-0.39, 0.29) is 17.7 Å². The highest BCUT2D eigenvalue weighted by Gasteiger charge is 2.49. The van der Waals surface area contributed by atoms with Gasteiger partial charge in [0.05, 0.1) is 0 Å². The first-order chi connectivity index (χ1) is 18.5. The van der Waals surface area contributed by atoms with Crippen LogP contribution in [0.5, 0.6) is 0 Å². The molecule has 200 valence electrons. The van der Waals surface area contributed by atoms with Gasteiger partial charge in [0.2, 0.25) is 11.8 Å². The van der Waals surface area contributed by atoms with Crippen LogP contribution in [0.4, 0.5) is 0 Å². The van der Waals surface area contributed by atoms with Gasteiger partial charge < -0.3 is 21.3 Å². The predicted molar refractivity (Wildman–Crippen MR) is 153 cm³/mol. The number of nitrogens with zero attached hydrogens (tertiary/aromatic N) is 1. The van der Waals surface area contributed by atoms with E-state index in [1.165, 1.54) is 18.1 Å². The van der Waals surface area contributed by atoms with Gasteiger partial charge in [0.25, 0.3) is 0 Å². The lowest BCUT2D eigenvalue weighted by atomic mass is 9.64. The minimum atomic E-state index is -0.838. The average Bonchev–Trinajstić information content (AvgIpc) is 3.40. The lowest BCUT2D eigenvalue weighted by Crippen LogP contribution is -2.49. The van der Waals surface area contributed by atoms with Crippen molar-refractivity contribution in [3.63, 3.8) is 0 Å². The molecule has 1 unspecified atom stereocenters. The van der Waals surface area contributed by atoms with Crippen molar-refractivity contribution in [2.45, 2.75) is 31.6 Å². The van der Waals surface area contributed by atoms with Crippen molar-refractivity contribution < 1.29 is 9.59 Å². The molecule has 2 amide bonds. The Hall–Kier alpha value is -3.48. The molecular weight excluding hydrogens is 472 g/mol. The molecule has 1 aliphatic heterocycles. The van der Waals surface area contributed by atoms with Crippen molar-refractivity contribution in [2.24, 2.45) is 11.7 Å². The van der Waals surface area contributed by atoms with Crippen LogP contribution >= 0.6 is 0 Å². The predicted octanol–water partition coefficient (Wildman–Crippen LogP) is 3.29. The van der Waals surface area contributed by atoms with E-state index >= 15 is 0 Å². The van der Waals surface area contributed by atoms with E-state index < -0.39 is 5.41 Å². The number of rotatable bonds is 13. The van der Waals surface area contributed by atoms with E-state index in [1.54, 1.807) is 0 Å². The summed E-state index contributed by atoms with van der Waals surface area (Å²) in [5, 5.41) is 6.15. The van der Waals surface area contributed by atoms with Crippen LogP contribution in [-0.2, 0) is 27.8 Å². The maximum Gasteiger partial charge on any atom is 0.232 e. The van der Waals surface area contributed by atoms with Gasteiger partial charge >= 0.3 is 0 Å². The Morgan fingerprint density at radius 2 is 1.42 bits per heavy atom. The van der Waals surface area contributed by atoms with Crippen LogP contribution in [-0.4, -0.2) is 56.0 Å². The SMILES string of the molecule is CC(=O)NCCNCCc1ccc(CCN2CCC(C(C(N)=O)(c3ccccc3)c3ccccc3)C2)cc1. The van der Waals surface area contributed by atoms with Gasteiger partial charge in [-0.3, -0.25) is 9.59 Å². The summed E-state index contributed by atoms with van der Waals surface area (Å²) < 4.78 is 0. The smallest absolute Gasteiger partial charge is 0.232 e. The summed E-state index contributed by atoms with van der Waals surface area (Å²) in [6.45, 7) is 6.62. The van der Waals surface area contributed by atoms with E-state index in [2.05, 4.69) is 39.8 Å². The van der Waals surface area contributed by atoms with Gasteiger partial charge in [0.1, 0.15) is 5.41 Å². The summed E-state index contributed by atoms with van der Waals surface area (Å²) >= 11 is 0. The van der Waals surface area contributed by atoms with Crippen LogP contribution in [0.25, 0.3) is 0 Å². The molecule has 0 bridgehead atoms. The zero-order chi connectivity index (χ0) is 26.8. The van der Waals surface area contributed by atoms with Crippen molar-refractivity contribution in [1.29, 1.82) is 0 Å². The fourth-order valence-corrected chi connectivity index (χ4v) is 5.76. The largest absolute Gasteiger partial charge is 0.369 e. The van der Waals surface area contributed by atoms with E-state index in [0.29, 0.717) is 6.54 Å². The van der Waals surface area contributed by atoms with Crippen LogP contribution < -0.4 is 16.4 Å². The number of hydrogen-bond donors (Lipinski definition) is 3. The van der Waals surface area contributed by atoms with Crippen LogP contribution in [0.3, 0.4) is 0 Å². The van der Waals surface area contributed by atoms with Gasteiger partial charge in [-0.25, -0.2) is 0 Å². The molecule has 0 spiro atoms. The van der Waals surface area contributed by atoms with Crippen molar-refractivity contribution in [3.05, 3.63) is 107 Å². The van der Waals surface area contributed by atoms with E-state index in [1.807, 2.05) is 60.7 Å². The van der Waals surface area contributed by atoms with Crippen molar-refractivity contribution in [1.82, 2.24) is 15.5 Å². The first-order valence-corrected chi connectivity index (χ1v) is 13.7. The molecule has 0 radical (unpaired) electrons. The molecule has 6 heteroatoms. The summed E-state index contributed by atoms with van der Waals surface area (Å²) in [4.78, 5) is 26.6. The van der Waals surface area contributed by atoms with E-state index in [9.17, 15) is 9.59 Å². The number of likely N-dealkylation sites (tertiary alicyclic amines) is 1. The number of carbonyl (C=O) groups is 2. The summed E-state index contributed by atoms with van der Waals surface area (Å²) in [6.07, 6.45) is 2.87. The third-order valence-electron chi connectivity index (χ3n) is 7.74. The lowest BCUT2D eigenvalue weighted by Gasteiger charge is -2.37. The molecule has 3 aromatic rings. The molecule has 1 saturated heterocycles. The van der Waals surface area contributed by atoms with Crippen molar-refractivity contribution in [2.75, 3.05) is 39.3 Å². The van der Waals surface area contributed by atoms with Crippen LogP contribution in [0.15, 0.2) is 84.9 Å². The highest BCUT2D eigenvalue weighted by Crippen LogP contribution is 2.43. The monoisotopic (exact) mass is 512 g/mol. The normalized spacial score (nSPS) is 15.9. The number of hydrogen-bond acceptors (Lipinski definition) is 4. The molecule has 4 rings (SSSR count). The molecule has 6 nitrogen and oxygen atoms in total. The van der Waals surface area contributed by atoms with Crippen LogP contribution in [0.1, 0.15) is 35.6 Å². The number of amides is 2. The highest BCUT2D eigenvalue weighted by molar-refractivity contribution is 5.91. The lowest BCUT2D eigenvalue weighted by molar-refractivity contribution is -0.124. The molecule has 38 heavy (non-hydrogen) atoms. The second kappa shape index (κ2) is 13.4. The minimum Gasteiger partial charge on any atom is -0.369 e. The Bertz CT molecular complexity index is 1130. The van der Waals surface area contributed by atoms with Gasteiger partial charge in [-0.15, -0.1) is 0 Å². The fourth-order valence-electron chi connectivity index (χ4n) is 5.76. The maximum atomic E-state index is 13.3. The minimum absolute atomic E-state index is 0.00595. The number of benzene rings is 3. The number of primary amides is 1. The van der Waals surface area contributed by atoms with Gasteiger partial charge in [0, 0.05) is 33.1 Å². The maximum absolute atomic E-state index is 13.3. The first kappa shape index (κ1) is 27.6. The summed E-state index contributed by atoms with van der Waals surface area (Å²) in [7, 11) is 0. The van der Waals surface area contributed by atoms with Gasteiger partial charge in [-0.2, -0.15) is 0 Å². The Kier molecular flexibility index (Phi) is 9.68. The second-order valence-electron chi connectivity index (χ2n) is 10.2. The Labute approximate surface area is 226 Å². The van der Waals surface area contributed by atoms with Gasteiger partial charge in [0.15, 0.2) is 0 Å². The average molecular weight is 513 g/mol. The molecule has 0 saturated carbocycles. The summed E-state index contributed by atoms with van der Waals surface area (Å²) in [5.74, 6) is -0.154.